The van der Waals surface area contributed by atoms with Gasteiger partial charge in [0.1, 0.15) is 12.0 Å². The molecule has 1 aliphatic rings. The van der Waals surface area contributed by atoms with E-state index in [1.165, 1.54) is 0 Å². The number of carbonyl (C=O) groups is 1. The first kappa shape index (κ1) is 13.7. The first-order valence-corrected chi connectivity index (χ1v) is 8.33. The smallest absolute Gasteiger partial charge is 0.296 e. The molecule has 1 N–H and O–H groups in total. The van der Waals surface area contributed by atoms with Gasteiger partial charge in [-0.1, -0.05) is 43.0 Å². The van der Waals surface area contributed by atoms with Crippen LogP contribution in [-0.2, 0) is 9.36 Å². The van der Waals surface area contributed by atoms with E-state index in [4.69, 9.17) is 4.52 Å². The summed E-state index contributed by atoms with van der Waals surface area (Å²) < 4.78 is 18.9. The van der Waals surface area contributed by atoms with Crippen molar-refractivity contribution in [2.75, 3.05) is 6.29 Å². The molecule has 0 aliphatic carbocycles. The Morgan fingerprint density at radius 2 is 1.81 bits per heavy atom. The summed E-state index contributed by atoms with van der Waals surface area (Å²) in [6.07, 6.45) is 1.10. The Morgan fingerprint density at radius 1 is 1.14 bits per heavy atom. The van der Waals surface area contributed by atoms with Gasteiger partial charge in [-0.15, -0.1) is 0 Å². The molecular formula is C16H14NO3P. The monoisotopic (exact) mass is 299 g/mol. The van der Waals surface area contributed by atoms with Crippen molar-refractivity contribution in [3.05, 3.63) is 61.2 Å². The number of hydrogen-bond donors (Lipinski definition) is 1. The van der Waals surface area contributed by atoms with Gasteiger partial charge in [0, 0.05) is 5.56 Å². The Hall–Kier alpha value is -2.32. The van der Waals surface area contributed by atoms with Gasteiger partial charge < -0.3 is 9.84 Å². The summed E-state index contributed by atoms with van der Waals surface area (Å²) in [5.41, 5.74) is 1.80. The third-order valence-corrected chi connectivity index (χ3v) is 5.53. The minimum absolute atomic E-state index is 0.0524. The zero-order valence-electron chi connectivity index (χ0n) is 11.3. The average Bonchev–Trinajstić information content (AvgIpc) is 2.53. The van der Waals surface area contributed by atoms with Crippen LogP contribution in [0, 0.1) is 0 Å². The lowest BCUT2D eigenvalue weighted by Crippen LogP contribution is -2.29. The lowest BCUT2D eigenvalue weighted by molar-refractivity contribution is -0.116. The van der Waals surface area contributed by atoms with E-state index in [1.54, 1.807) is 12.1 Å². The van der Waals surface area contributed by atoms with Crippen LogP contribution < -0.4 is 15.1 Å². The molecule has 0 saturated heterocycles. The zero-order valence-corrected chi connectivity index (χ0v) is 12.2. The van der Waals surface area contributed by atoms with E-state index >= 15 is 0 Å². The lowest BCUT2D eigenvalue weighted by atomic mass is 10.0. The van der Waals surface area contributed by atoms with Gasteiger partial charge in [-0.05, 0) is 23.8 Å². The van der Waals surface area contributed by atoms with Crippen molar-refractivity contribution in [3.63, 3.8) is 0 Å². The highest BCUT2D eigenvalue weighted by atomic mass is 31.2. The Morgan fingerprint density at radius 3 is 2.57 bits per heavy atom. The van der Waals surface area contributed by atoms with Crippen molar-refractivity contribution in [1.82, 2.24) is 5.32 Å². The predicted octanol–water partition coefficient (Wildman–Crippen LogP) is 2.91. The normalized spacial score (nSPS) is 18.9. The van der Waals surface area contributed by atoms with E-state index in [9.17, 15) is 9.36 Å². The van der Waals surface area contributed by atoms with Gasteiger partial charge in [0.25, 0.3) is 7.37 Å². The second-order valence-electron chi connectivity index (χ2n) is 4.68. The summed E-state index contributed by atoms with van der Waals surface area (Å²) in [6, 6.07) is 14.9. The van der Waals surface area contributed by atoms with Crippen LogP contribution in [0.15, 0.2) is 61.2 Å². The second kappa shape index (κ2) is 5.23. The summed E-state index contributed by atoms with van der Waals surface area (Å²) >= 11 is 0. The first-order valence-electron chi connectivity index (χ1n) is 6.52. The quantitative estimate of drug-likeness (QED) is 0.700. The zero-order chi connectivity index (χ0) is 14.9. The Balaban J connectivity index is 2.07. The molecule has 1 unspecified atom stereocenters. The van der Waals surface area contributed by atoms with Gasteiger partial charge in [-0.25, -0.2) is 0 Å². The summed E-state index contributed by atoms with van der Waals surface area (Å²) in [6.45, 7) is 3.38. The number of benzene rings is 2. The van der Waals surface area contributed by atoms with E-state index in [0.29, 0.717) is 11.1 Å². The SMILES string of the molecule is C=CC(=O)NCP1(=O)Oc2ccccc2-c2ccccc21. The van der Waals surface area contributed by atoms with Crippen molar-refractivity contribution in [1.29, 1.82) is 0 Å². The summed E-state index contributed by atoms with van der Waals surface area (Å²) in [5.74, 6) is 0.206. The number of amides is 1. The minimum Gasteiger partial charge on any atom is -0.438 e. The van der Waals surface area contributed by atoms with Crippen LogP contribution in [0.25, 0.3) is 11.1 Å². The highest BCUT2D eigenvalue weighted by Gasteiger charge is 2.35. The number of hydrogen-bond acceptors (Lipinski definition) is 3. The molecule has 1 heterocycles. The van der Waals surface area contributed by atoms with E-state index in [0.717, 1.165) is 17.2 Å². The third kappa shape index (κ3) is 2.39. The van der Waals surface area contributed by atoms with Crippen LogP contribution in [0.2, 0.25) is 0 Å². The maximum absolute atomic E-state index is 13.2. The van der Waals surface area contributed by atoms with Crippen LogP contribution in [0.4, 0.5) is 0 Å². The van der Waals surface area contributed by atoms with E-state index in [2.05, 4.69) is 11.9 Å². The fourth-order valence-electron chi connectivity index (χ4n) is 2.35. The van der Waals surface area contributed by atoms with Crippen molar-refractivity contribution >= 4 is 18.6 Å². The van der Waals surface area contributed by atoms with Crippen molar-refractivity contribution in [3.8, 4) is 16.9 Å². The molecule has 2 aromatic carbocycles. The molecule has 0 fully saturated rings. The maximum atomic E-state index is 13.2. The average molecular weight is 299 g/mol. The molecule has 0 radical (unpaired) electrons. The van der Waals surface area contributed by atoms with Crippen LogP contribution >= 0.6 is 7.37 Å². The molecule has 106 valence electrons. The molecule has 0 aromatic heterocycles. The largest absolute Gasteiger partial charge is 0.438 e. The second-order valence-corrected chi connectivity index (χ2v) is 7.01. The Labute approximate surface area is 122 Å². The van der Waals surface area contributed by atoms with Gasteiger partial charge in [-0.3, -0.25) is 9.36 Å². The molecule has 5 heteroatoms. The Bertz CT molecular complexity index is 770. The minimum atomic E-state index is -3.18. The van der Waals surface area contributed by atoms with Crippen LogP contribution in [0.3, 0.4) is 0 Å². The van der Waals surface area contributed by atoms with Gasteiger partial charge in [-0.2, -0.15) is 0 Å². The molecule has 3 rings (SSSR count). The lowest BCUT2D eigenvalue weighted by Gasteiger charge is -2.28. The molecule has 0 spiro atoms. The van der Waals surface area contributed by atoms with Crippen molar-refractivity contribution in [2.24, 2.45) is 0 Å². The first-order chi connectivity index (χ1) is 10.1. The maximum Gasteiger partial charge on any atom is 0.296 e. The Kier molecular flexibility index (Phi) is 3.40. The standard InChI is InChI=1S/C16H14NO3P/c1-2-16(18)17-11-21(19)15-10-6-4-8-13(15)12-7-3-5-9-14(12)20-21/h2-10H,1,11H2,(H,17,18). The topological polar surface area (TPSA) is 55.4 Å². The number of para-hydroxylation sites is 1. The van der Waals surface area contributed by atoms with Crippen LogP contribution in [0.1, 0.15) is 0 Å². The summed E-state index contributed by atoms with van der Waals surface area (Å²) in [7, 11) is -3.18. The van der Waals surface area contributed by atoms with E-state index < -0.39 is 7.37 Å². The fraction of sp³-hybridized carbons (Fsp3) is 0.0625. The molecule has 21 heavy (non-hydrogen) atoms. The van der Waals surface area contributed by atoms with Crippen LogP contribution in [-0.4, -0.2) is 12.2 Å². The summed E-state index contributed by atoms with van der Waals surface area (Å²) in [4.78, 5) is 11.3. The third-order valence-electron chi connectivity index (χ3n) is 3.34. The van der Waals surface area contributed by atoms with Crippen molar-refractivity contribution in [2.45, 2.75) is 0 Å². The molecule has 2 aromatic rings. The molecule has 1 atom stereocenters. The van der Waals surface area contributed by atoms with Crippen molar-refractivity contribution < 1.29 is 13.9 Å². The number of carbonyl (C=O) groups excluding carboxylic acids is 1. The number of nitrogens with one attached hydrogen (secondary N) is 1. The molecule has 1 aliphatic heterocycles. The number of fused-ring (bicyclic) bond motifs is 3. The molecular weight excluding hydrogens is 285 g/mol. The molecule has 0 saturated carbocycles. The number of rotatable bonds is 3. The van der Waals surface area contributed by atoms with Gasteiger partial charge >= 0.3 is 0 Å². The van der Waals surface area contributed by atoms with E-state index in [-0.39, 0.29) is 12.2 Å². The van der Waals surface area contributed by atoms with E-state index in [1.807, 2.05) is 36.4 Å². The molecule has 4 nitrogen and oxygen atoms in total. The molecule has 1 amide bonds. The predicted molar refractivity (Wildman–Crippen MR) is 83.0 cm³/mol. The highest BCUT2D eigenvalue weighted by Crippen LogP contribution is 2.53. The fourth-order valence-corrected chi connectivity index (χ4v) is 4.40. The molecule has 0 bridgehead atoms. The highest BCUT2D eigenvalue weighted by molar-refractivity contribution is 7.67. The summed E-state index contributed by atoms with van der Waals surface area (Å²) in [5, 5.41) is 3.20. The van der Waals surface area contributed by atoms with Crippen LogP contribution in [0.5, 0.6) is 5.75 Å². The van der Waals surface area contributed by atoms with Gasteiger partial charge in [0.15, 0.2) is 0 Å². The van der Waals surface area contributed by atoms with Gasteiger partial charge in [0.05, 0.1) is 5.30 Å². The van der Waals surface area contributed by atoms with Gasteiger partial charge in [0.2, 0.25) is 5.91 Å².